The molecule has 0 bridgehead atoms. The molecule has 0 spiro atoms. The molecule has 0 aliphatic carbocycles. The Kier molecular flexibility index (Phi) is 4.48. The number of aromatic nitrogens is 2. The van der Waals surface area contributed by atoms with Gasteiger partial charge in [0.1, 0.15) is 5.75 Å². The van der Waals surface area contributed by atoms with E-state index < -0.39 is 0 Å². The number of methoxy groups -OCH3 is 1. The van der Waals surface area contributed by atoms with E-state index in [0.717, 1.165) is 11.4 Å². The van der Waals surface area contributed by atoms with Gasteiger partial charge in [-0.3, -0.25) is 9.36 Å². The van der Waals surface area contributed by atoms with E-state index >= 15 is 0 Å². The summed E-state index contributed by atoms with van der Waals surface area (Å²) >= 11 is 1.48. The molecule has 0 unspecified atom stereocenters. The zero-order chi connectivity index (χ0) is 16.2. The van der Waals surface area contributed by atoms with E-state index in [0.29, 0.717) is 21.8 Å². The summed E-state index contributed by atoms with van der Waals surface area (Å²) in [7, 11) is 1.62. The molecule has 5 heteroatoms. The first-order valence-corrected chi connectivity index (χ1v) is 8.13. The Morgan fingerprint density at radius 2 is 1.96 bits per heavy atom. The molecule has 3 aromatic rings. The van der Waals surface area contributed by atoms with Crippen LogP contribution in [0, 0.1) is 0 Å². The van der Waals surface area contributed by atoms with Crippen LogP contribution in [0.3, 0.4) is 0 Å². The van der Waals surface area contributed by atoms with Crippen LogP contribution in [0.15, 0.2) is 71.1 Å². The van der Waals surface area contributed by atoms with Gasteiger partial charge in [-0.05, 0) is 36.4 Å². The Morgan fingerprint density at radius 1 is 1.22 bits per heavy atom. The standard InChI is InChI=1S/C18H16N2O2S/c1-3-12-23-18-19-16-7-5-4-6-15(16)17(21)20(18)13-8-10-14(22-2)11-9-13/h3-11H,1,12H2,2H3. The second-order valence-corrected chi connectivity index (χ2v) is 5.84. The monoisotopic (exact) mass is 324 g/mol. The fourth-order valence-corrected chi connectivity index (χ4v) is 3.05. The van der Waals surface area contributed by atoms with E-state index in [1.807, 2.05) is 42.5 Å². The minimum atomic E-state index is -0.0765. The van der Waals surface area contributed by atoms with E-state index in [1.54, 1.807) is 23.8 Å². The lowest BCUT2D eigenvalue weighted by molar-refractivity contribution is 0.414. The lowest BCUT2D eigenvalue weighted by atomic mass is 10.2. The van der Waals surface area contributed by atoms with E-state index in [2.05, 4.69) is 11.6 Å². The molecule has 1 heterocycles. The molecule has 0 fully saturated rings. The van der Waals surface area contributed by atoms with Gasteiger partial charge in [0, 0.05) is 5.75 Å². The van der Waals surface area contributed by atoms with Gasteiger partial charge in [0.2, 0.25) is 0 Å². The number of rotatable bonds is 5. The van der Waals surface area contributed by atoms with Crippen LogP contribution >= 0.6 is 11.8 Å². The van der Waals surface area contributed by atoms with Gasteiger partial charge in [0.15, 0.2) is 5.16 Å². The molecule has 0 N–H and O–H groups in total. The van der Waals surface area contributed by atoms with Crippen molar-refractivity contribution in [3.8, 4) is 11.4 Å². The van der Waals surface area contributed by atoms with Crippen molar-refractivity contribution in [3.05, 3.63) is 71.5 Å². The third kappa shape index (κ3) is 3.00. The second kappa shape index (κ2) is 6.71. The van der Waals surface area contributed by atoms with Crippen molar-refractivity contribution in [2.75, 3.05) is 12.9 Å². The van der Waals surface area contributed by atoms with Crippen molar-refractivity contribution >= 4 is 22.7 Å². The van der Waals surface area contributed by atoms with Crippen molar-refractivity contribution in [2.24, 2.45) is 0 Å². The highest BCUT2D eigenvalue weighted by Crippen LogP contribution is 2.22. The average Bonchev–Trinajstić information content (AvgIpc) is 2.60. The fourth-order valence-electron chi connectivity index (χ4n) is 2.30. The maximum Gasteiger partial charge on any atom is 0.266 e. The molecule has 0 saturated heterocycles. The molecule has 23 heavy (non-hydrogen) atoms. The first-order valence-electron chi connectivity index (χ1n) is 7.14. The largest absolute Gasteiger partial charge is 0.497 e. The van der Waals surface area contributed by atoms with E-state index in [-0.39, 0.29) is 5.56 Å². The Balaban J connectivity index is 2.24. The molecule has 3 rings (SSSR count). The summed E-state index contributed by atoms with van der Waals surface area (Å²) in [5.74, 6) is 1.43. The summed E-state index contributed by atoms with van der Waals surface area (Å²) in [6, 6.07) is 14.8. The molecular weight excluding hydrogens is 308 g/mol. The Labute approximate surface area is 138 Å². The lowest BCUT2D eigenvalue weighted by Crippen LogP contribution is -2.21. The maximum atomic E-state index is 12.9. The summed E-state index contributed by atoms with van der Waals surface area (Å²) in [4.78, 5) is 17.6. The topological polar surface area (TPSA) is 44.1 Å². The minimum absolute atomic E-state index is 0.0765. The van der Waals surface area contributed by atoms with Crippen LogP contribution in [0.1, 0.15) is 0 Å². The fraction of sp³-hybridized carbons (Fsp3) is 0.111. The smallest absolute Gasteiger partial charge is 0.266 e. The number of hydrogen-bond donors (Lipinski definition) is 0. The summed E-state index contributed by atoms with van der Waals surface area (Å²) in [5.41, 5.74) is 1.39. The number of ether oxygens (including phenoxy) is 1. The first kappa shape index (κ1) is 15.4. The number of para-hydroxylation sites is 1. The van der Waals surface area contributed by atoms with Crippen molar-refractivity contribution in [1.29, 1.82) is 0 Å². The van der Waals surface area contributed by atoms with Crippen LogP contribution < -0.4 is 10.3 Å². The maximum absolute atomic E-state index is 12.9. The molecule has 2 aromatic carbocycles. The van der Waals surface area contributed by atoms with Gasteiger partial charge < -0.3 is 4.74 Å². The Bertz CT molecular complexity index is 901. The molecule has 0 radical (unpaired) electrons. The molecule has 0 atom stereocenters. The quantitative estimate of drug-likeness (QED) is 0.408. The molecule has 0 amide bonds. The number of benzene rings is 2. The normalized spacial score (nSPS) is 10.7. The molecule has 0 aliphatic rings. The number of thioether (sulfide) groups is 1. The number of nitrogens with zero attached hydrogens (tertiary/aromatic N) is 2. The van der Waals surface area contributed by atoms with Gasteiger partial charge in [0.05, 0.1) is 23.7 Å². The average molecular weight is 324 g/mol. The van der Waals surface area contributed by atoms with Crippen molar-refractivity contribution in [1.82, 2.24) is 9.55 Å². The van der Waals surface area contributed by atoms with Crippen LogP contribution in [-0.2, 0) is 0 Å². The molecule has 116 valence electrons. The van der Waals surface area contributed by atoms with Gasteiger partial charge in [0.25, 0.3) is 5.56 Å². The summed E-state index contributed by atoms with van der Waals surface area (Å²) in [5, 5.41) is 1.25. The van der Waals surface area contributed by atoms with E-state index in [1.165, 1.54) is 11.8 Å². The predicted molar refractivity (Wildman–Crippen MR) is 94.8 cm³/mol. The zero-order valence-electron chi connectivity index (χ0n) is 12.7. The van der Waals surface area contributed by atoms with Crippen LogP contribution in [0.4, 0.5) is 0 Å². The summed E-state index contributed by atoms with van der Waals surface area (Å²) in [6.45, 7) is 3.73. The highest BCUT2D eigenvalue weighted by atomic mass is 32.2. The van der Waals surface area contributed by atoms with Crippen molar-refractivity contribution < 1.29 is 4.74 Å². The van der Waals surface area contributed by atoms with Crippen molar-refractivity contribution in [2.45, 2.75) is 5.16 Å². The molecule has 0 saturated carbocycles. The van der Waals surface area contributed by atoms with E-state index in [9.17, 15) is 4.79 Å². The van der Waals surface area contributed by atoms with Crippen LogP contribution in [0.5, 0.6) is 5.75 Å². The van der Waals surface area contributed by atoms with Gasteiger partial charge >= 0.3 is 0 Å². The van der Waals surface area contributed by atoms with E-state index in [4.69, 9.17) is 4.74 Å². The Hall–Kier alpha value is -2.53. The SMILES string of the molecule is C=CCSc1nc2ccccc2c(=O)n1-c1ccc(OC)cc1. The van der Waals surface area contributed by atoms with Gasteiger partial charge in [-0.1, -0.05) is 30.0 Å². The van der Waals surface area contributed by atoms with Crippen LogP contribution in [-0.4, -0.2) is 22.4 Å². The first-order chi connectivity index (χ1) is 11.2. The lowest BCUT2D eigenvalue weighted by Gasteiger charge is -2.13. The summed E-state index contributed by atoms with van der Waals surface area (Å²) < 4.78 is 6.81. The number of fused-ring (bicyclic) bond motifs is 1. The Morgan fingerprint density at radius 3 is 2.65 bits per heavy atom. The van der Waals surface area contributed by atoms with Gasteiger partial charge in [-0.15, -0.1) is 6.58 Å². The molecular formula is C18H16N2O2S. The van der Waals surface area contributed by atoms with Gasteiger partial charge in [-0.2, -0.15) is 0 Å². The highest BCUT2D eigenvalue weighted by molar-refractivity contribution is 7.99. The zero-order valence-corrected chi connectivity index (χ0v) is 13.5. The van der Waals surface area contributed by atoms with Gasteiger partial charge in [-0.25, -0.2) is 4.98 Å². The van der Waals surface area contributed by atoms with Crippen molar-refractivity contribution in [3.63, 3.8) is 0 Å². The second-order valence-electron chi connectivity index (χ2n) is 4.85. The molecule has 4 nitrogen and oxygen atoms in total. The predicted octanol–water partition coefficient (Wildman–Crippen LogP) is 3.67. The summed E-state index contributed by atoms with van der Waals surface area (Å²) in [6.07, 6.45) is 1.80. The number of hydrogen-bond acceptors (Lipinski definition) is 4. The third-order valence-corrected chi connectivity index (χ3v) is 4.34. The highest BCUT2D eigenvalue weighted by Gasteiger charge is 2.12. The third-order valence-electron chi connectivity index (χ3n) is 3.41. The molecule has 1 aromatic heterocycles. The van der Waals surface area contributed by atoms with Crippen LogP contribution in [0.2, 0.25) is 0 Å². The molecule has 0 aliphatic heterocycles. The minimum Gasteiger partial charge on any atom is -0.497 e. The van der Waals surface area contributed by atoms with Crippen LogP contribution in [0.25, 0.3) is 16.6 Å².